The van der Waals surface area contributed by atoms with Crippen LogP contribution >= 0.6 is 0 Å². The number of amides is 1. The number of nitrogens with zero attached hydrogens (tertiary/aromatic N) is 1. The van der Waals surface area contributed by atoms with Gasteiger partial charge in [-0.1, -0.05) is 13.8 Å². The van der Waals surface area contributed by atoms with Gasteiger partial charge in [0.25, 0.3) is 0 Å². The molecule has 98 valence electrons. The van der Waals surface area contributed by atoms with Gasteiger partial charge in [-0.3, -0.25) is 9.59 Å². The van der Waals surface area contributed by atoms with Crippen LogP contribution in [0.25, 0.3) is 0 Å². The Labute approximate surface area is 103 Å². The predicted molar refractivity (Wildman–Crippen MR) is 65.6 cm³/mol. The molecule has 1 unspecified atom stereocenters. The summed E-state index contributed by atoms with van der Waals surface area (Å²) in [5.74, 6) is 0.206. The summed E-state index contributed by atoms with van der Waals surface area (Å²) in [7, 11) is 0. The van der Waals surface area contributed by atoms with Crippen LogP contribution in [0.2, 0.25) is 0 Å². The summed E-state index contributed by atoms with van der Waals surface area (Å²) < 4.78 is 0. The SMILES string of the molecule is CC(C)CCN1CCC(CC(=O)O)CCC1=O. The molecule has 0 aromatic carbocycles. The van der Waals surface area contributed by atoms with E-state index in [1.54, 1.807) is 0 Å². The van der Waals surface area contributed by atoms with E-state index in [4.69, 9.17) is 5.11 Å². The predicted octanol–water partition coefficient (Wildman–Crippen LogP) is 2.14. The molecule has 1 N–H and O–H groups in total. The first-order chi connectivity index (χ1) is 7.99. The molecule has 0 aromatic heterocycles. The van der Waals surface area contributed by atoms with Gasteiger partial charge in [-0.15, -0.1) is 0 Å². The Morgan fingerprint density at radius 3 is 2.76 bits per heavy atom. The highest BCUT2D eigenvalue weighted by Crippen LogP contribution is 2.21. The molecule has 1 aliphatic rings. The third kappa shape index (κ3) is 5.20. The quantitative estimate of drug-likeness (QED) is 0.802. The number of carboxylic acid groups (broad SMARTS) is 1. The van der Waals surface area contributed by atoms with Crippen molar-refractivity contribution in [3.8, 4) is 0 Å². The Balaban J connectivity index is 2.43. The number of likely N-dealkylation sites (tertiary alicyclic amines) is 1. The molecular weight excluding hydrogens is 218 g/mol. The standard InChI is InChI=1S/C13H23NO3/c1-10(2)5-7-14-8-6-11(9-13(16)17)3-4-12(14)15/h10-11H,3-9H2,1-2H3,(H,16,17). The summed E-state index contributed by atoms with van der Waals surface area (Å²) in [6.07, 6.45) is 3.29. The van der Waals surface area contributed by atoms with Crippen molar-refractivity contribution in [2.45, 2.75) is 46.0 Å². The molecule has 1 rings (SSSR count). The number of hydrogen-bond acceptors (Lipinski definition) is 2. The van der Waals surface area contributed by atoms with Gasteiger partial charge in [-0.2, -0.15) is 0 Å². The summed E-state index contributed by atoms with van der Waals surface area (Å²) in [6, 6.07) is 0. The summed E-state index contributed by atoms with van der Waals surface area (Å²) >= 11 is 0. The molecule has 0 aromatic rings. The first-order valence-electron chi connectivity index (χ1n) is 6.48. The second kappa shape index (κ2) is 6.62. The van der Waals surface area contributed by atoms with Gasteiger partial charge in [-0.25, -0.2) is 0 Å². The third-order valence-corrected chi connectivity index (χ3v) is 3.37. The summed E-state index contributed by atoms with van der Waals surface area (Å²) in [5.41, 5.74) is 0. The van der Waals surface area contributed by atoms with Gasteiger partial charge in [0.15, 0.2) is 0 Å². The second-order valence-electron chi connectivity index (χ2n) is 5.35. The fourth-order valence-electron chi connectivity index (χ4n) is 2.19. The van der Waals surface area contributed by atoms with Crippen molar-refractivity contribution >= 4 is 11.9 Å². The average molecular weight is 241 g/mol. The van der Waals surface area contributed by atoms with E-state index in [9.17, 15) is 9.59 Å². The Kier molecular flexibility index (Phi) is 5.45. The highest BCUT2D eigenvalue weighted by Gasteiger charge is 2.23. The zero-order valence-corrected chi connectivity index (χ0v) is 10.8. The van der Waals surface area contributed by atoms with E-state index >= 15 is 0 Å². The average Bonchev–Trinajstić information content (AvgIpc) is 2.39. The molecule has 1 amide bonds. The lowest BCUT2D eigenvalue weighted by Crippen LogP contribution is -2.32. The van der Waals surface area contributed by atoms with Crippen LogP contribution in [-0.4, -0.2) is 35.0 Å². The van der Waals surface area contributed by atoms with Crippen molar-refractivity contribution in [1.82, 2.24) is 4.90 Å². The number of carbonyl (C=O) groups excluding carboxylic acids is 1. The van der Waals surface area contributed by atoms with Crippen molar-refractivity contribution in [3.05, 3.63) is 0 Å². The molecular formula is C13H23NO3. The van der Waals surface area contributed by atoms with E-state index < -0.39 is 5.97 Å². The molecule has 17 heavy (non-hydrogen) atoms. The second-order valence-corrected chi connectivity index (χ2v) is 5.35. The van der Waals surface area contributed by atoms with E-state index in [1.807, 2.05) is 4.90 Å². The number of aliphatic carboxylic acids is 1. The number of carboxylic acids is 1. The monoisotopic (exact) mass is 241 g/mol. The van der Waals surface area contributed by atoms with Crippen LogP contribution in [0.15, 0.2) is 0 Å². The van der Waals surface area contributed by atoms with Gasteiger partial charge in [0.1, 0.15) is 0 Å². The Hall–Kier alpha value is -1.06. The molecule has 0 bridgehead atoms. The smallest absolute Gasteiger partial charge is 0.303 e. The van der Waals surface area contributed by atoms with Crippen LogP contribution < -0.4 is 0 Å². The van der Waals surface area contributed by atoms with Crippen molar-refractivity contribution in [2.75, 3.05) is 13.1 Å². The van der Waals surface area contributed by atoms with E-state index in [1.165, 1.54) is 0 Å². The lowest BCUT2D eigenvalue weighted by Gasteiger charge is -2.21. The minimum absolute atomic E-state index is 0.167. The molecule has 1 saturated heterocycles. The maximum absolute atomic E-state index is 11.8. The van der Waals surface area contributed by atoms with Gasteiger partial charge >= 0.3 is 5.97 Å². The van der Waals surface area contributed by atoms with Gasteiger partial charge in [-0.05, 0) is 31.1 Å². The number of hydrogen-bond donors (Lipinski definition) is 1. The molecule has 4 nitrogen and oxygen atoms in total. The fourth-order valence-corrected chi connectivity index (χ4v) is 2.19. The zero-order valence-electron chi connectivity index (χ0n) is 10.8. The van der Waals surface area contributed by atoms with E-state index in [0.717, 1.165) is 32.4 Å². The van der Waals surface area contributed by atoms with Gasteiger partial charge < -0.3 is 10.0 Å². The lowest BCUT2D eigenvalue weighted by molar-refractivity contribution is -0.138. The molecule has 1 heterocycles. The molecule has 0 radical (unpaired) electrons. The van der Waals surface area contributed by atoms with Gasteiger partial charge in [0.05, 0.1) is 0 Å². The zero-order chi connectivity index (χ0) is 12.8. The molecule has 1 atom stereocenters. The van der Waals surface area contributed by atoms with Crippen LogP contribution in [0.1, 0.15) is 46.0 Å². The minimum atomic E-state index is -0.752. The fraction of sp³-hybridized carbons (Fsp3) is 0.846. The number of carbonyl (C=O) groups is 2. The van der Waals surface area contributed by atoms with Crippen LogP contribution in [0.3, 0.4) is 0 Å². The number of rotatable bonds is 5. The third-order valence-electron chi connectivity index (χ3n) is 3.37. The molecule has 1 aliphatic heterocycles. The van der Waals surface area contributed by atoms with Gasteiger partial charge in [0, 0.05) is 25.9 Å². The maximum Gasteiger partial charge on any atom is 0.303 e. The molecule has 1 fully saturated rings. The Bertz CT molecular complexity index is 276. The topological polar surface area (TPSA) is 57.6 Å². The van der Waals surface area contributed by atoms with Crippen molar-refractivity contribution in [3.63, 3.8) is 0 Å². The summed E-state index contributed by atoms with van der Waals surface area (Å²) in [5, 5.41) is 8.77. The Morgan fingerprint density at radius 1 is 1.47 bits per heavy atom. The van der Waals surface area contributed by atoms with Crippen molar-refractivity contribution in [2.24, 2.45) is 11.8 Å². The molecule has 0 aliphatic carbocycles. The summed E-state index contributed by atoms with van der Waals surface area (Å²) in [4.78, 5) is 24.4. The molecule has 4 heteroatoms. The first kappa shape index (κ1) is 14.0. The molecule has 0 saturated carbocycles. The van der Waals surface area contributed by atoms with E-state index in [-0.39, 0.29) is 18.2 Å². The van der Waals surface area contributed by atoms with Crippen LogP contribution in [-0.2, 0) is 9.59 Å². The normalized spacial score (nSPS) is 21.7. The summed E-state index contributed by atoms with van der Waals surface area (Å²) in [6.45, 7) is 5.84. The van der Waals surface area contributed by atoms with Crippen molar-refractivity contribution in [1.29, 1.82) is 0 Å². The lowest BCUT2D eigenvalue weighted by atomic mass is 9.97. The maximum atomic E-state index is 11.8. The van der Waals surface area contributed by atoms with E-state index in [0.29, 0.717) is 12.3 Å². The van der Waals surface area contributed by atoms with Crippen molar-refractivity contribution < 1.29 is 14.7 Å². The molecule has 0 spiro atoms. The minimum Gasteiger partial charge on any atom is -0.481 e. The first-order valence-corrected chi connectivity index (χ1v) is 6.48. The van der Waals surface area contributed by atoms with Crippen LogP contribution in [0, 0.1) is 11.8 Å². The van der Waals surface area contributed by atoms with Crippen LogP contribution in [0.4, 0.5) is 0 Å². The largest absolute Gasteiger partial charge is 0.481 e. The Morgan fingerprint density at radius 2 is 2.18 bits per heavy atom. The highest BCUT2D eigenvalue weighted by molar-refractivity contribution is 5.76. The van der Waals surface area contributed by atoms with Gasteiger partial charge in [0.2, 0.25) is 5.91 Å². The highest BCUT2D eigenvalue weighted by atomic mass is 16.4. The van der Waals surface area contributed by atoms with E-state index in [2.05, 4.69) is 13.8 Å². The van der Waals surface area contributed by atoms with Crippen LogP contribution in [0.5, 0.6) is 0 Å².